The minimum Gasteiger partial charge on any atom is -0.454 e. The van der Waals surface area contributed by atoms with Crippen LogP contribution >= 0.6 is 22.6 Å². The molecule has 2 aliphatic heterocycles. The number of aryl methyl sites for hydroxylation is 1. The van der Waals surface area contributed by atoms with Crippen LogP contribution in [0.1, 0.15) is 42.5 Å². The highest BCUT2D eigenvalue weighted by Gasteiger charge is 2.71. The second-order valence-electron chi connectivity index (χ2n) is 10.5. The number of hydrogen-bond acceptors (Lipinski definition) is 7. The van der Waals surface area contributed by atoms with E-state index in [9.17, 15) is 41.0 Å². The first-order chi connectivity index (χ1) is 21.0. The lowest BCUT2D eigenvalue weighted by Crippen LogP contribution is -2.53. The number of nitrogens with zero attached hydrogens (tertiary/aromatic N) is 2. The fourth-order valence-corrected chi connectivity index (χ4v) is 5.48. The number of benzene rings is 2. The highest BCUT2D eigenvalue weighted by Crippen LogP contribution is 2.50. The molecule has 2 aliphatic rings. The zero-order valence-corrected chi connectivity index (χ0v) is 25.6. The average molecular weight is 751 g/mol. The van der Waals surface area contributed by atoms with Crippen molar-refractivity contribution in [3.8, 4) is 23.1 Å². The second kappa shape index (κ2) is 11.5. The van der Waals surface area contributed by atoms with Crippen molar-refractivity contribution in [1.82, 2.24) is 15.2 Å². The maximum Gasteiger partial charge on any atom is 0.430 e. The number of halogens is 7. The molecule has 3 amide bonds. The van der Waals surface area contributed by atoms with Crippen LogP contribution in [0.4, 0.5) is 31.1 Å². The number of nitrogens with one attached hydrogen (secondary N) is 1. The summed E-state index contributed by atoms with van der Waals surface area (Å²) in [5, 5.41) is 12.5. The minimum atomic E-state index is -6.04. The summed E-state index contributed by atoms with van der Waals surface area (Å²) in [6.07, 6.45) is -10.4. The van der Waals surface area contributed by atoms with E-state index in [0.717, 1.165) is 11.0 Å². The third-order valence-electron chi connectivity index (χ3n) is 7.50. The van der Waals surface area contributed by atoms with Crippen LogP contribution in [0.3, 0.4) is 0 Å². The number of urea groups is 1. The Morgan fingerprint density at radius 1 is 1.02 bits per heavy atom. The van der Waals surface area contributed by atoms with Crippen molar-refractivity contribution >= 4 is 34.5 Å². The van der Waals surface area contributed by atoms with E-state index in [4.69, 9.17) is 14.2 Å². The first-order valence-corrected chi connectivity index (χ1v) is 14.4. The van der Waals surface area contributed by atoms with Crippen molar-refractivity contribution in [3.05, 3.63) is 74.5 Å². The van der Waals surface area contributed by atoms with Gasteiger partial charge in [-0.3, -0.25) is 9.69 Å². The number of alkyl halides is 6. The van der Waals surface area contributed by atoms with Gasteiger partial charge in [0.15, 0.2) is 11.5 Å². The van der Waals surface area contributed by atoms with Crippen LogP contribution < -0.4 is 19.5 Å². The molecule has 1 fully saturated rings. The van der Waals surface area contributed by atoms with E-state index in [0.29, 0.717) is 44.7 Å². The van der Waals surface area contributed by atoms with Crippen LogP contribution in [0.5, 0.6) is 23.1 Å². The third-order valence-corrected chi connectivity index (χ3v) is 8.47. The Bertz CT molecular complexity index is 1650. The number of imide groups is 1. The number of carbonyl (C=O) groups excluding carboxylic acids is 2. The molecular weight excluding hydrogens is 727 g/mol. The number of aliphatic hydroxyl groups is 1. The quantitative estimate of drug-likeness (QED) is 0.155. The number of aromatic nitrogens is 1. The molecule has 1 atom stereocenters. The Hall–Kier alpha value is -3.80. The molecule has 0 bridgehead atoms. The van der Waals surface area contributed by atoms with E-state index in [1.807, 2.05) is 22.6 Å². The second-order valence-corrected chi connectivity index (χ2v) is 11.7. The lowest BCUT2D eigenvalue weighted by Gasteiger charge is -2.33. The molecule has 1 unspecified atom stereocenters. The lowest BCUT2D eigenvalue weighted by molar-refractivity contribution is -0.376. The van der Waals surface area contributed by atoms with Crippen LogP contribution in [0.15, 0.2) is 48.7 Å². The topological polar surface area (TPSA) is 110 Å². The van der Waals surface area contributed by atoms with Crippen molar-refractivity contribution in [2.24, 2.45) is 0 Å². The van der Waals surface area contributed by atoms with E-state index in [1.54, 1.807) is 32.0 Å². The van der Waals surface area contributed by atoms with Gasteiger partial charge in [0.2, 0.25) is 12.7 Å². The van der Waals surface area contributed by atoms with Crippen LogP contribution in [0.25, 0.3) is 0 Å². The number of hydrogen-bond donors (Lipinski definition) is 2. The Morgan fingerprint density at radius 2 is 1.71 bits per heavy atom. The van der Waals surface area contributed by atoms with Crippen molar-refractivity contribution in [2.75, 3.05) is 6.79 Å². The van der Waals surface area contributed by atoms with Crippen LogP contribution in [-0.4, -0.2) is 46.1 Å². The van der Waals surface area contributed by atoms with Crippen LogP contribution in [-0.2, 0) is 28.9 Å². The van der Waals surface area contributed by atoms with E-state index in [2.05, 4.69) is 10.3 Å². The molecule has 0 spiro atoms. The van der Waals surface area contributed by atoms with E-state index >= 15 is 0 Å². The number of fused-ring (bicyclic) bond motifs is 1. The van der Waals surface area contributed by atoms with Gasteiger partial charge in [0, 0.05) is 21.4 Å². The maximum absolute atomic E-state index is 13.5. The zero-order chi connectivity index (χ0) is 32.9. The predicted molar refractivity (Wildman–Crippen MR) is 152 cm³/mol. The number of pyridine rings is 1. The van der Waals surface area contributed by atoms with Gasteiger partial charge in [0.25, 0.3) is 11.5 Å². The fourth-order valence-electron chi connectivity index (χ4n) is 5.02. The summed E-state index contributed by atoms with van der Waals surface area (Å²) < 4.78 is 97.9. The number of rotatable bonds is 8. The summed E-state index contributed by atoms with van der Waals surface area (Å²) in [4.78, 5) is 31.7. The molecule has 240 valence electrons. The van der Waals surface area contributed by atoms with E-state index in [-0.39, 0.29) is 37.0 Å². The molecule has 3 aromatic rings. The minimum absolute atomic E-state index is 0.0209. The fraction of sp³-hybridized carbons (Fsp3) is 0.345. The summed E-state index contributed by atoms with van der Waals surface area (Å²) in [5.41, 5.74) is -7.04. The van der Waals surface area contributed by atoms with Crippen molar-refractivity contribution in [3.63, 3.8) is 0 Å². The van der Waals surface area contributed by atoms with Crippen LogP contribution in [0.2, 0.25) is 0 Å². The summed E-state index contributed by atoms with van der Waals surface area (Å²) in [5.74, 6) is 0.198. The molecule has 16 heteroatoms. The lowest BCUT2D eigenvalue weighted by atomic mass is 9.90. The molecule has 45 heavy (non-hydrogen) atoms. The van der Waals surface area contributed by atoms with Gasteiger partial charge in [-0.05, 0) is 76.9 Å². The molecular formula is C29H24F6IN3O6. The Kier molecular flexibility index (Phi) is 8.35. The van der Waals surface area contributed by atoms with Gasteiger partial charge in [-0.2, -0.15) is 26.3 Å². The number of amides is 3. The van der Waals surface area contributed by atoms with Gasteiger partial charge in [-0.25, -0.2) is 9.78 Å². The molecule has 9 nitrogen and oxygen atoms in total. The van der Waals surface area contributed by atoms with Crippen molar-refractivity contribution in [2.45, 2.75) is 56.7 Å². The molecule has 3 heterocycles. The summed E-state index contributed by atoms with van der Waals surface area (Å²) in [7, 11) is 0. The highest BCUT2D eigenvalue weighted by molar-refractivity contribution is 14.1. The Balaban J connectivity index is 1.41. The summed E-state index contributed by atoms with van der Waals surface area (Å²) in [6.45, 7) is 3.04. The van der Waals surface area contributed by atoms with Gasteiger partial charge in [0.1, 0.15) is 11.3 Å². The van der Waals surface area contributed by atoms with Gasteiger partial charge in [-0.1, -0.05) is 25.5 Å². The predicted octanol–water partition coefficient (Wildman–Crippen LogP) is 6.44. The van der Waals surface area contributed by atoms with Gasteiger partial charge in [0.05, 0.1) is 6.54 Å². The smallest absolute Gasteiger partial charge is 0.430 e. The largest absolute Gasteiger partial charge is 0.454 e. The Labute approximate surface area is 265 Å². The zero-order valence-electron chi connectivity index (χ0n) is 23.5. The van der Waals surface area contributed by atoms with Crippen LogP contribution in [0, 0.1) is 3.57 Å². The highest BCUT2D eigenvalue weighted by atomic mass is 127. The normalized spacial score (nSPS) is 18.4. The van der Waals surface area contributed by atoms with Crippen molar-refractivity contribution < 1.29 is 55.2 Å². The molecule has 5 rings (SSSR count). The maximum atomic E-state index is 13.5. The molecule has 2 aromatic carbocycles. The first-order valence-electron chi connectivity index (χ1n) is 13.4. The molecule has 0 radical (unpaired) electrons. The average Bonchev–Trinajstić information content (AvgIpc) is 3.52. The molecule has 2 N–H and O–H groups in total. The third kappa shape index (κ3) is 5.73. The monoisotopic (exact) mass is 751 g/mol. The molecule has 1 aromatic heterocycles. The first kappa shape index (κ1) is 32.6. The van der Waals surface area contributed by atoms with E-state index in [1.165, 1.54) is 12.3 Å². The molecule has 0 aliphatic carbocycles. The SMILES string of the molecule is CCCc1cc(C(O)(C(F)(F)F)C(F)(F)F)ccc1Oc1cc(CN2C(=O)NC(C)(c3ccc4c(c3)OCO4)C2=O)c(I)cn1. The number of ether oxygens (including phenoxy) is 3. The van der Waals surface area contributed by atoms with E-state index < -0.39 is 41.0 Å². The Morgan fingerprint density at radius 3 is 2.38 bits per heavy atom. The van der Waals surface area contributed by atoms with Gasteiger partial charge >= 0.3 is 18.4 Å². The standard InChI is InChI=1S/C29H24F6IN3O6/c1-3-4-15-9-18(27(42,28(30,31)32)29(33,34)35)6-7-20(15)45-23-10-16(19(36)12-37-23)13-39-24(40)26(2,38-25(39)41)17-5-8-21-22(11-17)44-14-43-21/h5-12,42H,3-4,13-14H2,1-2H3,(H,38,41). The molecule has 0 saturated carbocycles. The van der Waals surface area contributed by atoms with Gasteiger partial charge < -0.3 is 24.6 Å². The number of carbonyl (C=O) groups is 2. The molecule has 1 saturated heterocycles. The van der Waals surface area contributed by atoms with Gasteiger partial charge in [-0.15, -0.1) is 0 Å². The summed E-state index contributed by atoms with van der Waals surface area (Å²) in [6, 6.07) is 7.62. The summed E-state index contributed by atoms with van der Waals surface area (Å²) >= 11 is 1.94. The van der Waals surface area contributed by atoms with Crippen molar-refractivity contribution in [1.29, 1.82) is 0 Å².